The van der Waals surface area contributed by atoms with E-state index in [0.29, 0.717) is 6.54 Å². The third kappa shape index (κ3) is 5.70. The van der Waals surface area contributed by atoms with Gasteiger partial charge in [0, 0.05) is 12.6 Å². The van der Waals surface area contributed by atoms with E-state index in [2.05, 4.69) is 15.6 Å². The van der Waals surface area contributed by atoms with Gasteiger partial charge in [0.15, 0.2) is 5.69 Å². The van der Waals surface area contributed by atoms with E-state index < -0.39 is 17.6 Å². The molecule has 26 heavy (non-hydrogen) atoms. The van der Waals surface area contributed by atoms with Gasteiger partial charge in [0.05, 0.1) is 17.4 Å². The average molecular weight is 392 g/mol. The van der Waals surface area contributed by atoms with Crippen molar-refractivity contribution in [2.45, 2.75) is 38.4 Å². The second kappa shape index (κ2) is 9.54. The van der Waals surface area contributed by atoms with Crippen molar-refractivity contribution in [1.29, 1.82) is 0 Å². The molecule has 1 aromatic carbocycles. The van der Waals surface area contributed by atoms with Crippen molar-refractivity contribution in [2.24, 2.45) is 5.73 Å². The minimum atomic E-state index is -4.45. The average Bonchev–Trinajstić information content (AvgIpc) is 3.08. The van der Waals surface area contributed by atoms with E-state index in [1.165, 1.54) is 18.3 Å². The highest BCUT2D eigenvalue weighted by atomic mass is 35.5. The Labute approximate surface area is 155 Å². The summed E-state index contributed by atoms with van der Waals surface area (Å²) in [4.78, 5) is 12.2. The molecule has 0 spiro atoms. The van der Waals surface area contributed by atoms with Crippen LogP contribution in [0.5, 0.6) is 0 Å². The molecule has 3 N–H and O–H groups in total. The minimum Gasteiger partial charge on any atom is -0.347 e. The van der Waals surface area contributed by atoms with E-state index in [0.717, 1.165) is 36.1 Å². The molecule has 0 aliphatic rings. The van der Waals surface area contributed by atoms with Crippen molar-refractivity contribution >= 4 is 18.3 Å². The maximum Gasteiger partial charge on any atom is 0.416 e. The summed E-state index contributed by atoms with van der Waals surface area (Å²) in [6.45, 7) is 2.34. The number of carbonyl (C=O) groups is 1. The van der Waals surface area contributed by atoms with Crippen LogP contribution in [-0.2, 0) is 6.18 Å². The zero-order chi connectivity index (χ0) is 18.4. The molecule has 10 heteroatoms. The molecule has 0 aliphatic carbocycles. The van der Waals surface area contributed by atoms with Gasteiger partial charge in [0.1, 0.15) is 0 Å². The quantitative estimate of drug-likeness (QED) is 0.759. The molecule has 0 saturated heterocycles. The van der Waals surface area contributed by atoms with Crippen molar-refractivity contribution in [3.05, 3.63) is 41.7 Å². The summed E-state index contributed by atoms with van der Waals surface area (Å²) >= 11 is 0. The van der Waals surface area contributed by atoms with Crippen LogP contribution in [0.4, 0.5) is 13.2 Å². The Morgan fingerprint density at radius 2 is 2.12 bits per heavy atom. The highest BCUT2D eigenvalue weighted by molar-refractivity contribution is 5.92. The number of halogens is 4. The number of nitrogens with zero attached hydrogens (tertiary/aromatic N) is 3. The second-order valence-electron chi connectivity index (χ2n) is 5.64. The molecule has 1 amide bonds. The summed E-state index contributed by atoms with van der Waals surface area (Å²) in [5.74, 6) is -0.454. The number of aromatic nitrogens is 3. The molecule has 0 radical (unpaired) electrons. The second-order valence-corrected chi connectivity index (χ2v) is 5.64. The van der Waals surface area contributed by atoms with Gasteiger partial charge in [-0.05, 0) is 24.6 Å². The first-order valence-corrected chi connectivity index (χ1v) is 7.96. The molecular formula is C16H21ClF3N5O. The molecule has 0 aliphatic heterocycles. The first kappa shape index (κ1) is 21.9. The highest BCUT2D eigenvalue weighted by Gasteiger charge is 2.30. The molecule has 6 nitrogen and oxygen atoms in total. The Bertz CT molecular complexity index is 720. The number of benzene rings is 1. The van der Waals surface area contributed by atoms with Crippen LogP contribution < -0.4 is 11.1 Å². The zero-order valence-corrected chi connectivity index (χ0v) is 15.0. The van der Waals surface area contributed by atoms with Gasteiger partial charge in [-0.25, -0.2) is 4.68 Å². The predicted molar refractivity (Wildman–Crippen MR) is 93.4 cm³/mol. The van der Waals surface area contributed by atoms with Crippen molar-refractivity contribution in [1.82, 2.24) is 20.3 Å². The molecule has 0 saturated carbocycles. The van der Waals surface area contributed by atoms with E-state index in [1.807, 2.05) is 6.92 Å². The third-order valence-corrected chi connectivity index (χ3v) is 3.69. The summed E-state index contributed by atoms with van der Waals surface area (Å²) in [5.41, 5.74) is 5.02. The molecule has 1 heterocycles. The van der Waals surface area contributed by atoms with Gasteiger partial charge in [0.25, 0.3) is 5.91 Å². The maximum atomic E-state index is 12.8. The summed E-state index contributed by atoms with van der Waals surface area (Å²) < 4.78 is 39.5. The van der Waals surface area contributed by atoms with Crippen LogP contribution in [0.3, 0.4) is 0 Å². The van der Waals surface area contributed by atoms with E-state index in [1.54, 1.807) is 0 Å². The number of amides is 1. The molecule has 2 rings (SSSR count). The Hall–Kier alpha value is -2.13. The molecule has 1 aromatic heterocycles. The molecule has 0 fully saturated rings. The fraction of sp³-hybridized carbons (Fsp3) is 0.438. The number of hydrogen-bond donors (Lipinski definition) is 2. The monoisotopic (exact) mass is 391 g/mol. The summed E-state index contributed by atoms with van der Waals surface area (Å²) in [6.07, 6.45) is -0.500. The SMILES string of the molecule is CCCCC(CN)NC(=O)c1cn(-c2cccc(C(F)(F)F)c2)nn1.Cl. The van der Waals surface area contributed by atoms with Gasteiger partial charge in [-0.1, -0.05) is 31.0 Å². The first-order valence-electron chi connectivity index (χ1n) is 7.96. The molecule has 1 atom stereocenters. The fourth-order valence-electron chi connectivity index (χ4n) is 2.28. The maximum absolute atomic E-state index is 12.8. The van der Waals surface area contributed by atoms with Crippen molar-refractivity contribution < 1.29 is 18.0 Å². The number of hydrogen-bond acceptors (Lipinski definition) is 4. The predicted octanol–water partition coefficient (Wildman–Crippen LogP) is 2.96. The number of alkyl halides is 3. The van der Waals surface area contributed by atoms with E-state index in [-0.39, 0.29) is 29.8 Å². The molecular weight excluding hydrogens is 371 g/mol. The Balaban J connectivity index is 0.00000338. The van der Waals surface area contributed by atoms with Gasteiger partial charge < -0.3 is 11.1 Å². The van der Waals surface area contributed by atoms with Crippen LogP contribution in [0.1, 0.15) is 42.2 Å². The molecule has 2 aromatic rings. The number of rotatable bonds is 7. The van der Waals surface area contributed by atoms with Gasteiger partial charge in [-0.3, -0.25) is 4.79 Å². The smallest absolute Gasteiger partial charge is 0.347 e. The van der Waals surface area contributed by atoms with Crippen molar-refractivity contribution in [3.63, 3.8) is 0 Å². The summed E-state index contributed by atoms with van der Waals surface area (Å²) in [6, 6.07) is 4.46. The number of nitrogens with one attached hydrogen (secondary N) is 1. The van der Waals surface area contributed by atoms with Crippen LogP contribution in [0.25, 0.3) is 5.69 Å². The standard InChI is InChI=1S/C16H20F3N5O.ClH/c1-2-3-6-12(9-20)21-15(25)14-10-24(23-22-14)13-7-4-5-11(8-13)16(17,18)19;/h4-5,7-8,10,12H,2-3,6,9,20H2,1H3,(H,21,25);1H. The van der Waals surface area contributed by atoms with E-state index in [4.69, 9.17) is 5.73 Å². The van der Waals surface area contributed by atoms with Gasteiger partial charge in [0.2, 0.25) is 0 Å². The lowest BCUT2D eigenvalue weighted by Crippen LogP contribution is -2.40. The lowest BCUT2D eigenvalue weighted by atomic mass is 10.1. The van der Waals surface area contributed by atoms with Crippen LogP contribution in [0.2, 0.25) is 0 Å². The van der Waals surface area contributed by atoms with Crippen LogP contribution in [0, 0.1) is 0 Å². The van der Waals surface area contributed by atoms with Crippen LogP contribution >= 0.6 is 12.4 Å². The number of carbonyl (C=O) groups excluding carboxylic acids is 1. The highest BCUT2D eigenvalue weighted by Crippen LogP contribution is 2.30. The van der Waals surface area contributed by atoms with E-state index in [9.17, 15) is 18.0 Å². The van der Waals surface area contributed by atoms with E-state index >= 15 is 0 Å². The largest absolute Gasteiger partial charge is 0.416 e. The topological polar surface area (TPSA) is 85.8 Å². The van der Waals surface area contributed by atoms with Gasteiger partial charge in [-0.2, -0.15) is 13.2 Å². The van der Waals surface area contributed by atoms with Gasteiger partial charge >= 0.3 is 6.18 Å². The molecule has 144 valence electrons. The molecule has 0 bridgehead atoms. The van der Waals surface area contributed by atoms with Gasteiger partial charge in [-0.15, -0.1) is 17.5 Å². The summed E-state index contributed by atoms with van der Waals surface area (Å²) in [7, 11) is 0. The Morgan fingerprint density at radius 1 is 1.38 bits per heavy atom. The molecule has 1 unspecified atom stereocenters. The van der Waals surface area contributed by atoms with Crippen molar-refractivity contribution in [2.75, 3.05) is 6.54 Å². The first-order chi connectivity index (χ1) is 11.8. The number of unbranched alkanes of at least 4 members (excludes halogenated alkanes) is 1. The fourth-order valence-corrected chi connectivity index (χ4v) is 2.28. The van der Waals surface area contributed by atoms with Crippen molar-refractivity contribution in [3.8, 4) is 5.69 Å². The van der Waals surface area contributed by atoms with Crippen LogP contribution in [0.15, 0.2) is 30.5 Å². The lowest BCUT2D eigenvalue weighted by molar-refractivity contribution is -0.137. The number of nitrogens with two attached hydrogens (primary N) is 1. The normalized spacial score (nSPS) is 12.3. The Kier molecular flexibility index (Phi) is 8.04. The third-order valence-electron chi connectivity index (χ3n) is 3.69. The summed E-state index contributed by atoms with van der Waals surface area (Å²) in [5, 5.41) is 10.2. The van der Waals surface area contributed by atoms with Crippen LogP contribution in [-0.4, -0.2) is 33.5 Å². The lowest BCUT2D eigenvalue weighted by Gasteiger charge is -2.15. The Morgan fingerprint density at radius 3 is 2.73 bits per heavy atom. The zero-order valence-electron chi connectivity index (χ0n) is 14.2. The minimum absolute atomic E-state index is 0.